The first-order valence-corrected chi connectivity index (χ1v) is 6.46. The molecule has 0 fully saturated rings. The summed E-state index contributed by atoms with van der Waals surface area (Å²) in [4.78, 5) is 11.7. The number of rotatable bonds is 5. The molecule has 1 unspecified atom stereocenters. The van der Waals surface area contributed by atoms with Gasteiger partial charge >= 0.3 is 0 Å². The number of nitrogens with one attached hydrogen (secondary N) is 1. The van der Waals surface area contributed by atoms with Crippen LogP contribution in [-0.4, -0.2) is 28.6 Å². The molecule has 0 aliphatic rings. The van der Waals surface area contributed by atoms with Gasteiger partial charge in [0.15, 0.2) is 0 Å². The lowest BCUT2D eigenvalue weighted by molar-refractivity contribution is 0.0944. The Kier molecular flexibility index (Phi) is 5.19. The third kappa shape index (κ3) is 4.14. The second-order valence-corrected chi connectivity index (χ2v) is 4.90. The molecule has 88 valence electrons. The Morgan fingerprint density at radius 1 is 1.44 bits per heavy atom. The monoisotopic (exact) mass is 239 g/mol. The smallest absolute Gasteiger partial charge is 0.251 e. The molecular weight excluding hydrogens is 222 g/mol. The average molecular weight is 239 g/mol. The van der Waals surface area contributed by atoms with Crippen LogP contribution in [0.3, 0.4) is 0 Å². The first kappa shape index (κ1) is 12.9. The van der Waals surface area contributed by atoms with Crippen LogP contribution in [-0.2, 0) is 0 Å². The Morgan fingerprint density at radius 3 is 2.62 bits per heavy atom. The summed E-state index contributed by atoms with van der Waals surface area (Å²) in [5.74, 6) is 2.05. The van der Waals surface area contributed by atoms with Gasteiger partial charge in [0, 0.05) is 17.4 Å². The molecule has 16 heavy (non-hydrogen) atoms. The lowest BCUT2D eigenvalue weighted by atomic mass is 10.2. The standard InChI is InChI=1S/C12H17NO2S/c1-3-16-8-9(2)13-12(15)10-4-6-11(14)7-5-10/h4-7,9,14H,3,8H2,1-2H3,(H,13,15). The van der Waals surface area contributed by atoms with Crippen molar-refractivity contribution in [1.29, 1.82) is 0 Å². The summed E-state index contributed by atoms with van der Waals surface area (Å²) in [6.07, 6.45) is 0. The molecule has 1 atom stereocenters. The van der Waals surface area contributed by atoms with Gasteiger partial charge in [-0.25, -0.2) is 0 Å². The zero-order valence-corrected chi connectivity index (χ0v) is 10.4. The highest BCUT2D eigenvalue weighted by molar-refractivity contribution is 7.99. The number of phenols is 1. The van der Waals surface area contributed by atoms with Crippen LogP contribution in [0.4, 0.5) is 0 Å². The van der Waals surface area contributed by atoms with E-state index in [0.717, 1.165) is 11.5 Å². The number of phenolic OH excluding ortho intramolecular Hbond substituents is 1. The SMILES string of the molecule is CCSCC(C)NC(=O)c1ccc(O)cc1. The lowest BCUT2D eigenvalue weighted by Gasteiger charge is -2.12. The second-order valence-electron chi connectivity index (χ2n) is 3.58. The largest absolute Gasteiger partial charge is 0.508 e. The van der Waals surface area contributed by atoms with E-state index < -0.39 is 0 Å². The lowest BCUT2D eigenvalue weighted by Crippen LogP contribution is -2.34. The molecule has 0 saturated heterocycles. The van der Waals surface area contributed by atoms with E-state index in [9.17, 15) is 4.79 Å². The zero-order valence-electron chi connectivity index (χ0n) is 9.56. The number of amides is 1. The van der Waals surface area contributed by atoms with Crippen LogP contribution < -0.4 is 5.32 Å². The van der Waals surface area contributed by atoms with Crippen molar-refractivity contribution in [2.45, 2.75) is 19.9 Å². The highest BCUT2D eigenvalue weighted by Gasteiger charge is 2.09. The van der Waals surface area contributed by atoms with E-state index in [-0.39, 0.29) is 17.7 Å². The number of carbonyl (C=O) groups is 1. The molecule has 0 aliphatic heterocycles. The molecule has 1 rings (SSSR count). The van der Waals surface area contributed by atoms with E-state index in [1.807, 2.05) is 6.92 Å². The van der Waals surface area contributed by atoms with Gasteiger partial charge in [-0.1, -0.05) is 6.92 Å². The summed E-state index contributed by atoms with van der Waals surface area (Å²) in [5.41, 5.74) is 0.575. The molecule has 1 aromatic rings. The summed E-state index contributed by atoms with van der Waals surface area (Å²) in [7, 11) is 0. The van der Waals surface area contributed by atoms with Crippen molar-refractivity contribution in [3.8, 4) is 5.75 Å². The Morgan fingerprint density at radius 2 is 2.06 bits per heavy atom. The van der Waals surface area contributed by atoms with Crippen LogP contribution in [0, 0.1) is 0 Å². The molecule has 0 bridgehead atoms. The average Bonchev–Trinajstić information content (AvgIpc) is 2.27. The van der Waals surface area contributed by atoms with Crippen LogP contribution in [0.2, 0.25) is 0 Å². The van der Waals surface area contributed by atoms with Gasteiger partial charge in [0.25, 0.3) is 5.91 Å². The molecule has 0 aromatic heterocycles. The Hall–Kier alpha value is -1.16. The maximum Gasteiger partial charge on any atom is 0.251 e. The van der Waals surface area contributed by atoms with E-state index in [4.69, 9.17) is 5.11 Å². The quantitative estimate of drug-likeness (QED) is 0.828. The number of aromatic hydroxyl groups is 1. The molecule has 1 aromatic carbocycles. The fourth-order valence-corrected chi connectivity index (χ4v) is 1.93. The predicted octanol–water partition coefficient (Wildman–Crippen LogP) is 2.26. The van der Waals surface area contributed by atoms with Crippen LogP contribution >= 0.6 is 11.8 Å². The number of carbonyl (C=O) groups excluding carboxylic acids is 1. The maximum absolute atomic E-state index is 11.7. The minimum absolute atomic E-state index is 0.0933. The number of hydrogen-bond acceptors (Lipinski definition) is 3. The normalized spacial score (nSPS) is 12.1. The summed E-state index contributed by atoms with van der Waals surface area (Å²) in [6, 6.07) is 6.42. The fraction of sp³-hybridized carbons (Fsp3) is 0.417. The predicted molar refractivity (Wildman–Crippen MR) is 68.0 cm³/mol. The van der Waals surface area contributed by atoms with E-state index >= 15 is 0 Å². The third-order valence-corrected chi connectivity index (χ3v) is 3.22. The van der Waals surface area contributed by atoms with Crippen molar-refractivity contribution < 1.29 is 9.90 Å². The van der Waals surface area contributed by atoms with E-state index in [1.165, 1.54) is 12.1 Å². The summed E-state index contributed by atoms with van der Waals surface area (Å²) in [5, 5.41) is 12.0. The first-order chi connectivity index (χ1) is 7.63. The topological polar surface area (TPSA) is 49.3 Å². The van der Waals surface area contributed by atoms with Gasteiger partial charge in [-0.3, -0.25) is 4.79 Å². The Labute approximate surface area is 100 Å². The van der Waals surface area contributed by atoms with E-state index in [2.05, 4.69) is 12.2 Å². The van der Waals surface area contributed by atoms with Crippen molar-refractivity contribution >= 4 is 17.7 Å². The number of hydrogen-bond donors (Lipinski definition) is 2. The Balaban J connectivity index is 2.48. The summed E-state index contributed by atoms with van der Waals surface area (Å²) in [6.45, 7) is 4.08. The van der Waals surface area contributed by atoms with Crippen LogP contribution in [0.25, 0.3) is 0 Å². The molecule has 0 radical (unpaired) electrons. The molecule has 0 heterocycles. The molecule has 3 nitrogen and oxygen atoms in total. The van der Waals surface area contributed by atoms with Crippen LogP contribution in [0.1, 0.15) is 24.2 Å². The van der Waals surface area contributed by atoms with Crippen molar-refractivity contribution in [3.05, 3.63) is 29.8 Å². The maximum atomic E-state index is 11.7. The fourth-order valence-electron chi connectivity index (χ4n) is 1.26. The molecule has 0 saturated carbocycles. The summed E-state index contributed by atoms with van der Waals surface area (Å²) >= 11 is 1.80. The van der Waals surface area contributed by atoms with Gasteiger partial charge < -0.3 is 10.4 Å². The number of benzene rings is 1. The highest BCUT2D eigenvalue weighted by Crippen LogP contribution is 2.10. The van der Waals surface area contributed by atoms with Gasteiger partial charge in [0.1, 0.15) is 5.75 Å². The minimum atomic E-state index is -0.0933. The van der Waals surface area contributed by atoms with E-state index in [0.29, 0.717) is 5.56 Å². The van der Waals surface area contributed by atoms with Gasteiger partial charge in [-0.2, -0.15) is 11.8 Å². The van der Waals surface area contributed by atoms with Crippen molar-refractivity contribution in [2.75, 3.05) is 11.5 Å². The van der Waals surface area contributed by atoms with Crippen molar-refractivity contribution in [2.24, 2.45) is 0 Å². The molecule has 1 amide bonds. The molecular formula is C12H17NO2S. The molecule has 2 N–H and O–H groups in total. The van der Waals surface area contributed by atoms with Gasteiger partial charge in [0.05, 0.1) is 0 Å². The zero-order chi connectivity index (χ0) is 12.0. The molecule has 0 aliphatic carbocycles. The van der Waals surface area contributed by atoms with Gasteiger partial charge in [-0.15, -0.1) is 0 Å². The van der Waals surface area contributed by atoms with Crippen LogP contribution in [0.15, 0.2) is 24.3 Å². The van der Waals surface area contributed by atoms with Gasteiger partial charge in [-0.05, 0) is 36.9 Å². The van der Waals surface area contributed by atoms with Gasteiger partial charge in [0.2, 0.25) is 0 Å². The highest BCUT2D eigenvalue weighted by atomic mass is 32.2. The number of thioether (sulfide) groups is 1. The first-order valence-electron chi connectivity index (χ1n) is 5.31. The molecule has 0 spiro atoms. The van der Waals surface area contributed by atoms with Crippen LogP contribution in [0.5, 0.6) is 5.75 Å². The third-order valence-electron chi connectivity index (χ3n) is 2.08. The second kappa shape index (κ2) is 6.43. The van der Waals surface area contributed by atoms with Crippen molar-refractivity contribution in [1.82, 2.24) is 5.32 Å². The minimum Gasteiger partial charge on any atom is -0.508 e. The van der Waals surface area contributed by atoms with Crippen molar-refractivity contribution in [3.63, 3.8) is 0 Å². The van der Waals surface area contributed by atoms with E-state index in [1.54, 1.807) is 23.9 Å². The molecule has 4 heteroatoms. The Bertz CT molecular complexity index is 337. The summed E-state index contributed by atoms with van der Waals surface area (Å²) < 4.78 is 0.